The van der Waals surface area contributed by atoms with Gasteiger partial charge in [0.1, 0.15) is 6.10 Å². The maximum Gasteiger partial charge on any atom is 0.253 e. The minimum Gasteiger partial charge on any atom is -0.348 e. The molecule has 20 heavy (non-hydrogen) atoms. The molecule has 1 amide bonds. The number of benzene rings is 1. The second kappa shape index (κ2) is 6.31. The molecule has 0 aromatic heterocycles. The summed E-state index contributed by atoms with van der Waals surface area (Å²) in [6.45, 7) is 4.01. The third-order valence-corrected chi connectivity index (χ3v) is 3.44. The number of alkyl halides is 2. The van der Waals surface area contributed by atoms with Gasteiger partial charge in [-0.25, -0.2) is 0 Å². The van der Waals surface area contributed by atoms with Crippen LogP contribution in [0.4, 0.5) is 0 Å². The van der Waals surface area contributed by atoms with Crippen LogP contribution >= 0.6 is 23.2 Å². The third-order valence-electron chi connectivity index (χ3n) is 3.04. The maximum atomic E-state index is 11.7. The van der Waals surface area contributed by atoms with Crippen molar-refractivity contribution in [3.63, 3.8) is 0 Å². The van der Waals surface area contributed by atoms with Gasteiger partial charge < -0.3 is 14.8 Å². The van der Waals surface area contributed by atoms with Gasteiger partial charge in [0, 0.05) is 0 Å². The zero-order chi connectivity index (χ0) is 14.8. The predicted molar refractivity (Wildman–Crippen MR) is 77.7 cm³/mol. The third kappa shape index (κ3) is 3.85. The fourth-order valence-corrected chi connectivity index (χ4v) is 2.23. The number of rotatable bonds is 3. The Morgan fingerprint density at radius 1 is 1.35 bits per heavy atom. The molecule has 0 bridgehead atoms. The van der Waals surface area contributed by atoms with E-state index in [1.807, 2.05) is 44.2 Å². The van der Waals surface area contributed by atoms with Gasteiger partial charge in [-0.1, -0.05) is 53.5 Å². The van der Waals surface area contributed by atoms with Gasteiger partial charge in [-0.3, -0.25) is 4.79 Å². The Morgan fingerprint density at radius 2 is 2.00 bits per heavy atom. The number of carbonyl (C=O) groups excluding carboxylic acids is 1. The molecule has 2 rings (SSSR count). The van der Waals surface area contributed by atoms with Gasteiger partial charge in [-0.05, 0) is 19.4 Å². The molecular weight excluding hydrogens is 301 g/mol. The van der Waals surface area contributed by atoms with Crippen molar-refractivity contribution in [3.8, 4) is 0 Å². The number of carbonyl (C=O) groups is 1. The highest BCUT2D eigenvalue weighted by Gasteiger charge is 2.38. The van der Waals surface area contributed by atoms with Crippen LogP contribution in [0.5, 0.6) is 0 Å². The number of hydrogen-bond acceptors (Lipinski definition) is 3. The van der Waals surface area contributed by atoms with Crippen LogP contribution in [0.3, 0.4) is 0 Å². The number of ether oxygens (including phenoxy) is 2. The number of hydrogen-bond donors (Lipinski definition) is 1. The molecule has 1 heterocycles. The summed E-state index contributed by atoms with van der Waals surface area (Å²) < 4.78 is 11.5. The van der Waals surface area contributed by atoms with Gasteiger partial charge in [0.25, 0.3) is 5.91 Å². The lowest BCUT2D eigenvalue weighted by molar-refractivity contribution is -0.284. The molecule has 1 aliphatic rings. The molecule has 1 aromatic rings. The molecule has 4 nitrogen and oxygen atoms in total. The summed E-state index contributed by atoms with van der Waals surface area (Å²) in [6.07, 6.45) is -0.309. The van der Waals surface area contributed by atoms with E-state index in [1.165, 1.54) is 0 Å². The minimum absolute atomic E-state index is 0.309. The fraction of sp³-hybridized carbons (Fsp3) is 0.500. The molecular formula is C14H17Cl2NO3. The second-order valence-corrected chi connectivity index (χ2v) is 6.17. The van der Waals surface area contributed by atoms with E-state index in [1.54, 1.807) is 0 Å². The quantitative estimate of drug-likeness (QED) is 0.872. The molecule has 1 aromatic carbocycles. The highest BCUT2D eigenvalue weighted by Crippen LogP contribution is 2.33. The Bertz CT molecular complexity index is 465. The Kier molecular flexibility index (Phi) is 4.91. The summed E-state index contributed by atoms with van der Waals surface area (Å²) in [5.41, 5.74) is 0.967. The van der Waals surface area contributed by atoms with Crippen molar-refractivity contribution in [2.24, 2.45) is 0 Å². The lowest BCUT2D eigenvalue weighted by atomic mass is 10.0. The number of halogens is 2. The molecule has 0 spiro atoms. The molecule has 0 radical (unpaired) electrons. The number of nitrogens with one attached hydrogen (secondary N) is 1. The molecule has 1 N–H and O–H groups in total. The van der Waals surface area contributed by atoms with E-state index < -0.39 is 16.5 Å². The Labute approximate surface area is 128 Å². The summed E-state index contributed by atoms with van der Waals surface area (Å²) in [5, 5.41) is 2.75. The van der Waals surface area contributed by atoms with E-state index in [0.717, 1.165) is 5.56 Å². The minimum atomic E-state index is -1.11. The van der Waals surface area contributed by atoms with Crippen LogP contribution in [0.1, 0.15) is 25.5 Å². The first kappa shape index (κ1) is 15.6. The van der Waals surface area contributed by atoms with Crippen molar-refractivity contribution in [3.05, 3.63) is 35.9 Å². The molecule has 1 fully saturated rings. The van der Waals surface area contributed by atoms with Crippen molar-refractivity contribution in [1.82, 2.24) is 5.32 Å². The van der Waals surface area contributed by atoms with E-state index >= 15 is 0 Å². The standard InChI is InChI=1S/C14H17Cl2NO3/c1-14(2)19-8-10(17-13(18)12(15)16)11(20-14)9-6-4-3-5-7-9/h3-7,10-12H,8H2,1-2H3,(H,17,18)/t10-,11-/m0/s1. The normalized spacial score (nSPS) is 25.4. The van der Waals surface area contributed by atoms with Crippen molar-refractivity contribution in [1.29, 1.82) is 0 Å². The van der Waals surface area contributed by atoms with E-state index in [2.05, 4.69) is 5.32 Å². The highest BCUT2D eigenvalue weighted by molar-refractivity contribution is 6.53. The largest absolute Gasteiger partial charge is 0.348 e. The monoisotopic (exact) mass is 317 g/mol. The molecule has 1 saturated heterocycles. The second-order valence-electron chi connectivity index (χ2n) is 5.08. The zero-order valence-electron chi connectivity index (χ0n) is 11.3. The first-order valence-electron chi connectivity index (χ1n) is 6.34. The summed E-state index contributed by atoms with van der Waals surface area (Å²) >= 11 is 11.1. The highest BCUT2D eigenvalue weighted by atomic mass is 35.5. The van der Waals surface area contributed by atoms with Gasteiger partial charge in [0.15, 0.2) is 10.6 Å². The van der Waals surface area contributed by atoms with Crippen LogP contribution in [-0.4, -0.2) is 29.2 Å². The Morgan fingerprint density at radius 3 is 2.60 bits per heavy atom. The van der Waals surface area contributed by atoms with Crippen molar-refractivity contribution >= 4 is 29.1 Å². The van der Waals surface area contributed by atoms with Gasteiger partial charge >= 0.3 is 0 Å². The SMILES string of the molecule is CC1(C)OC[C@H](NC(=O)C(Cl)Cl)[C@H](c2ccccc2)O1. The summed E-state index contributed by atoms with van der Waals surface area (Å²) in [4.78, 5) is 10.6. The van der Waals surface area contributed by atoms with Crippen LogP contribution in [-0.2, 0) is 14.3 Å². The first-order valence-corrected chi connectivity index (χ1v) is 7.21. The van der Waals surface area contributed by atoms with Gasteiger partial charge in [0.2, 0.25) is 0 Å². The van der Waals surface area contributed by atoms with E-state index in [4.69, 9.17) is 32.7 Å². The topological polar surface area (TPSA) is 47.6 Å². The van der Waals surface area contributed by atoms with Crippen LogP contribution in [0, 0.1) is 0 Å². The first-order chi connectivity index (χ1) is 9.39. The van der Waals surface area contributed by atoms with E-state index in [9.17, 15) is 4.79 Å². The predicted octanol–water partition coefficient (Wildman–Crippen LogP) is 2.80. The lowest BCUT2D eigenvalue weighted by Crippen LogP contribution is -2.52. The van der Waals surface area contributed by atoms with Gasteiger partial charge in [-0.2, -0.15) is 0 Å². The smallest absolute Gasteiger partial charge is 0.253 e. The summed E-state index contributed by atoms with van der Waals surface area (Å²) in [7, 11) is 0. The molecule has 1 aliphatic heterocycles. The molecule has 6 heteroatoms. The van der Waals surface area contributed by atoms with Crippen molar-refractivity contribution < 1.29 is 14.3 Å². The van der Waals surface area contributed by atoms with Crippen molar-refractivity contribution in [2.45, 2.75) is 36.6 Å². The van der Waals surface area contributed by atoms with Crippen molar-refractivity contribution in [2.75, 3.05) is 6.61 Å². The maximum absolute atomic E-state index is 11.7. The van der Waals surface area contributed by atoms with Gasteiger partial charge in [0.05, 0.1) is 12.6 Å². The lowest BCUT2D eigenvalue weighted by Gasteiger charge is -2.41. The van der Waals surface area contributed by atoms with Crippen LogP contribution in [0.25, 0.3) is 0 Å². The van der Waals surface area contributed by atoms with E-state index in [-0.39, 0.29) is 12.1 Å². The Balaban J connectivity index is 2.19. The summed E-state index contributed by atoms with van der Waals surface area (Å²) in [6, 6.07) is 9.33. The molecule has 0 aliphatic carbocycles. The van der Waals surface area contributed by atoms with Crippen LogP contribution < -0.4 is 5.32 Å². The zero-order valence-corrected chi connectivity index (χ0v) is 12.8. The average Bonchev–Trinajstić information content (AvgIpc) is 2.41. The fourth-order valence-electron chi connectivity index (χ4n) is 2.11. The Hall–Kier alpha value is -0.810. The molecule has 110 valence electrons. The number of amides is 1. The molecule has 0 saturated carbocycles. The van der Waals surface area contributed by atoms with Crippen LogP contribution in [0.2, 0.25) is 0 Å². The van der Waals surface area contributed by atoms with Gasteiger partial charge in [-0.15, -0.1) is 0 Å². The average molecular weight is 318 g/mol. The van der Waals surface area contributed by atoms with Crippen LogP contribution in [0.15, 0.2) is 30.3 Å². The molecule has 0 unspecified atom stereocenters. The summed E-state index contributed by atoms with van der Waals surface area (Å²) in [5.74, 6) is -1.16. The van der Waals surface area contributed by atoms with E-state index in [0.29, 0.717) is 6.61 Å². The molecule has 2 atom stereocenters.